The van der Waals surface area contributed by atoms with Crippen LogP contribution in [0.3, 0.4) is 0 Å². The first-order chi connectivity index (χ1) is 16.4. The van der Waals surface area contributed by atoms with E-state index in [4.69, 9.17) is 4.74 Å². The number of benzene rings is 2. The molecule has 34 heavy (non-hydrogen) atoms. The Morgan fingerprint density at radius 1 is 1.09 bits per heavy atom. The van der Waals surface area contributed by atoms with Crippen LogP contribution in [0.1, 0.15) is 42.4 Å². The number of ether oxygens (including phenoxy) is 1. The van der Waals surface area contributed by atoms with Crippen LogP contribution in [0.4, 0.5) is 4.79 Å². The third-order valence-electron chi connectivity index (χ3n) is 9.63. The Bertz CT molecular complexity index is 1230. The Morgan fingerprint density at radius 3 is 2.65 bits per heavy atom. The molecule has 7 nitrogen and oxygen atoms in total. The zero-order chi connectivity index (χ0) is 23.3. The minimum Gasteiger partial charge on any atom is -0.497 e. The number of aliphatic hydroxyl groups is 1. The van der Waals surface area contributed by atoms with Crippen molar-refractivity contribution in [1.29, 1.82) is 0 Å². The molecule has 2 saturated carbocycles. The molecule has 2 aromatic rings. The van der Waals surface area contributed by atoms with Crippen LogP contribution >= 0.6 is 0 Å². The predicted molar refractivity (Wildman–Crippen MR) is 125 cm³/mol. The minimum atomic E-state index is -0.964. The third-order valence-corrected chi connectivity index (χ3v) is 9.63. The Morgan fingerprint density at radius 2 is 1.91 bits per heavy atom. The van der Waals surface area contributed by atoms with E-state index >= 15 is 0 Å². The number of methoxy groups -OCH3 is 1. The normalized spacial score (nSPS) is 39.2. The Balaban J connectivity index is 1.31. The number of nitrogens with one attached hydrogen (secondary N) is 2. The van der Waals surface area contributed by atoms with Gasteiger partial charge in [-0.3, -0.25) is 15.0 Å². The molecule has 4 fully saturated rings. The number of carbonyl (C=O) groups excluding carboxylic acids is 2. The van der Waals surface area contributed by atoms with E-state index in [1.807, 2.05) is 12.1 Å². The number of carbonyl (C=O) groups is 2. The zero-order valence-corrected chi connectivity index (χ0v) is 19.3. The van der Waals surface area contributed by atoms with Crippen LogP contribution in [0.25, 0.3) is 0 Å². The number of hydrogen-bond acceptors (Lipinski definition) is 5. The molecule has 3 N–H and O–H groups in total. The van der Waals surface area contributed by atoms with E-state index in [9.17, 15) is 14.7 Å². The SMILES string of the molecule is COc1ccc2c(c1)C13CC24CN(CCc2ccccc2)C4C1(O)CC[C@@]1(C3)NC(=O)NC1=O. The molecule has 3 amide bonds. The van der Waals surface area contributed by atoms with Crippen molar-refractivity contribution in [3.8, 4) is 5.75 Å². The van der Waals surface area contributed by atoms with Gasteiger partial charge in [0, 0.05) is 23.9 Å². The van der Waals surface area contributed by atoms with E-state index in [1.54, 1.807) is 7.11 Å². The molecule has 3 spiro atoms. The highest BCUT2D eigenvalue weighted by molar-refractivity contribution is 6.07. The summed E-state index contributed by atoms with van der Waals surface area (Å²) < 4.78 is 5.56. The third kappa shape index (κ3) is 2.25. The van der Waals surface area contributed by atoms with Crippen molar-refractivity contribution >= 4 is 11.9 Å². The summed E-state index contributed by atoms with van der Waals surface area (Å²) >= 11 is 0. The second-order valence-corrected chi connectivity index (χ2v) is 11.0. The van der Waals surface area contributed by atoms with Gasteiger partial charge in [-0.25, -0.2) is 4.79 Å². The standard InChI is InChI=1S/C27H29N3O4/c1-34-18-7-8-19-20(13-18)25-14-24(19)16-30(12-9-17-5-3-2-4-6-17)21(24)27(25,33)11-10-26(15-25)22(31)28-23(32)29-26/h2-8,13,21,33H,9-12,14-16H2,1H3,(H2,28,29,31,32)/t21?,24?,25?,26-,27?/m0/s1. The fraction of sp³-hybridized carbons (Fsp3) is 0.481. The maximum absolute atomic E-state index is 13.0. The van der Waals surface area contributed by atoms with Crippen molar-refractivity contribution in [2.45, 2.75) is 60.1 Å². The lowest BCUT2D eigenvalue weighted by molar-refractivity contribution is -0.159. The van der Waals surface area contributed by atoms with E-state index in [1.165, 1.54) is 11.1 Å². The number of likely N-dealkylation sites (tertiary alicyclic amines) is 1. The molecule has 2 bridgehead atoms. The maximum Gasteiger partial charge on any atom is 0.322 e. The molecule has 176 valence electrons. The Hall–Kier alpha value is -2.90. The van der Waals surface area contributed by atoms with E-state index in [-0.39, 0.29) is 17.4 Å². The van der Waals surface area contributed by atoms with Gasteiger partial charge in [-0.1, -0.05) is 36.4 Å². The molecule has 5 aliphatic rings. The topological polar surface area (TPSA) is 90.9 Å². The lowest BCUT2D eigenvalue weighted by Gasteiger charge is -2.63. The molecule has 4 unspecified atom stereocenters. The Kier molecular flexibility index (Phi) is 3.85. The van der Waals surface area contributed by atoms with Crippen LogP contribution in [0, 0.1) is 0 Å². The fourth-order valence-corrected chi connectivity index (χ4v) is 8.43. The number of amides is 3. The maximum atomic E-state index is 13.0. The van der Waals surface area contributed by atoms with Gasteiger partial charge in [-0.2, -0.15) is 0 Å². The molecule has 3 aliphatic carbocycles. The first-order valence-electron chi connectivity index (χ1n) is 12.2. The van der Waals surface area contributed by atoms with Crippen molar-refractivity contribution in [2.24, 2.45) is 0 Å². The van der Waals surface area contributed by atoms with Crippen molar-refractivity contribution in [2.75, 3.05) is 20.2 Å². The summed E-state index contributed by atoms with van der Waals surface area (Å²) in [5, 5.41) is 17.9. The summed E-state index contributed by atoms with van der Waals surface area (Å²) in [7, 11) is 1.65. The van der Waals surface area contributed by atoms with Gasteiger partial charge in [0.2, 0.25) is 0 Å². The van der Waals surface area contributed by atoms with Crippen LogP contribution in [0.15, 0.2) is 48.5 Å². The zero-order valence-electron chi connectivity index (χ0n) is 19.3. The number of hydrogen-bond donors (Lipinski definition) is 3. The number of imide groups is 1. The van der Waals surface area contributed by atoms with E-state index in [0.29, 0.717) is 19.3 Å². The van der Waals surface area contributed by atoms with E-state index in [0.717, 1.165) is 37.2 Å². The number of fused-ring (bicyclic) bond motifs is 2. The quantitative estimate of drug-likeness (QED) is 0.609. The second kappa shape index (κ2) is 6.40. The molecular formula is C27H29N3O4. The predicted octanol–water partition coefficient (Wildman–Crippen LogP) is 2.01. The van der Waals surface area contributed by atoms with Crippen LogP contribution < -0.4 is 15.4 Å². The Labute approximate surface area is 198 Å². The first-order valence-corrected chi connectivity index (χ1v) is 12.2. The van der Waals surface area contributed by atoms with Crippen molar-refractivity contribution < 1.29 is 19.4 Å². The van der Waals surface area contributed by atoms with Gasteiger partial charge in [-0.15, -0.1) is 0 Å². The van der Waals surface area contributed by atoms with Gasteiger partial charge in [0.25, 0.3) is 5.91 Å². The van der Waals surface area contributed by atoms with Crippen LogP contribution in [0.2, 0.25) is 0 Å². The number of nitrogens with zero attached hydrogens (tertiary/aromatic N) is 1. The molecule has 7 heteroatoms. The molecule has 0 radical (unpaired) electrons. The molecule has 5 atom stereocenters. The van der Waals surface area contributed by atoms with Gasteiger partial charge in [0.1, 0.15) is 11.3 Å². The average molecular weight is 460 g/mol. The van der Waals surface area contributed by atoms with Gasteiger partial charge < -0.3 is 15.2 Å². The minimum absolute atomic E-state index is 0.0159. The first kappa shape index (κ1) is 20.5. The van der Waals surface area contributed by atoms with Gasteiger partial charge >= 0.3 is 6.03 Å². The fourth-order valence-electron chi connectivity index (χ4n) is 8.43. The smallest absolute Gasteiger partial charge is 0.322 e. The lowest BCUT2D eigenvalue weighted by atomic mass is 9.52. The largest absolute Gasteiger partial charge is 0.497 e. The lowest BCUT2D eigenvalue weighted by Crippen LogP contribution is -2.76. The molecule has 2 saturated heterocycles. The molecule has 7 rings (SSSR count). The van der Waals surface area contributed by atoms with Crippen molar-refractivity contribution in [1.82, 2.24) is 15.5 Å². The summed E-state index contributed by atoms with van der Waals surface area (Å²) in [6.07, 6.45) is 3.08. The highest BCUT2D eigenvalue weighted by Gasteiger charge is 2.82. The molecule has 2 heterocycles. The summed E-state index contributed by atoms with van der Waals surface area (Å²) in [6.45, 7) is 1.79. The molecule has 2 aliphatic heterocycles. The molecule has 2 aromatic carbocycles. The van der Waals surface area contributed by atoms with E-state index < -0.39 is 22.6 Å². The second-order valence-electron chi connectivity index (χ2n) is 11.0. The van der Waals surface area contributed by atoms with Crippen molar-refractivity contribution in [3.63, 3.8) is 0 Å². The van der Waals surface area contributed by atoms with Crippen LogP contribution in [0.5, 0.6) is 5.75 Å². The molecular weight excluding hydrogens is 430 g/mol. The van der Waals surface area contributed by atoms with E-state index in [2.05, 4.69) is 51.9 Å². The summed E-state index contributed by atoms with van der Waals surface area (Å²) in [6, 6.07) is 16.3. The summed E-state index contributed by atoms with van der Waals surface area (Å²) in [5.41, 5.74) is 1.02. The number of urea groups is 1. The van der Waals surface area contributed by atoms with Crippen LogP contribution in [-0.4, -0.2) is 59.3 Å². The van der Waals surface area contributed by atoms with Gasteiger partial charge in [-0.05, 0) is 60.9 Å². The van der Waals surface area contributed by atoms with Crippen LogP contribution in [-0.2, 0) is 22.0 Å². The number of rotatable bonds is 4. The summed E-state index contributed by atoms with van der Waals surface area (Å²) in [4.78, 5) is 27.5. The van der Waals surface area contributed by atoms with Crippen molar-refractivity contribution in [3.05, 3.63) is 65.2 Å². The summed E-state index contributed by atoms with van der Waals surface area (Å²) in [5.74, 6) is 0.496. The highest BCUT2D eigenvalue weighted by atomic mass is 16.5. The molecule has 0 aromatic heterocycles. The van der Waals surface area contributed by atoms with Gasteiger partial charge in [0.05, 0.1) is 18.8 Å². The highest BCUT2D eigenvalue weighted by Crippen LogP contribution is 2.74. The average Bonchev–Trinajstić information content (AvgIpc) is 3.33. The monoisotopic (exact) mass is 459 g/mol. The van der Waals surface area contributed by atoms with Gasteiger partial charge in [0.15, 0.2) is 0 Å².